The van der Waals surface area contributed by atoms with Gasteiger partial charge < -0.3 is 10.6 Å². The second kappa shape index (κ2) is 10.3. The Labute approximate surface area is 222 Å². The fraction of sp³-hybridized carbons (Fsp3) is 0.233. The van der Waals surface area contributed by atoms with Gasteiger partial charge in [0, 0.05) is 17.1 Å². The fourth-order valence-corrected chi connectivity index (χ4v) is 5.56. The molecule has 0 saturated heterocycles. The smallest absolute Gasteiger partial charge is 0.255 e. The average Bonchev–Trinajstić information content (AvgIpc) is 3.28. The molecule has 1 aliphatic rings. The van der Waals surface area contributed by atoms with Crippen molar-refractivity contribution in [1.82, 2.24) is 14.8 Å². The predicted molar refractivity (Wildman–Crippen MR) is 151 cm³/mol. The molecular formula is C30H31N5OS. The van der Waals surface area contributed by atoms with Crippen molar-refractivity contribution in [3.05, 3.63) is 111 Å². The number of fused-ring (bicyclic) bond motifs is 1. The van der Waals surface area contributed by atoms with Crippen LogP contribution in [0.15, 0.2) is 83.2 Å². The van der Waals surface area contributed by atoms with Crippen molar-refractivity contribution in [1.29, 1.82) is 0 Å². The number of thioether (sulfide) groups is 1. The van der Waals surface area contributed by atoms with Gasteiger partial charge in [-0.3, -0.25) is 4.79 Å². The van der Waals surface area contributed by atoms with Crippen LogP contribution >= 0.6 is 11.8 Å². The predicted octanol–water partition coefficient (Wildman–Crippen LogP) is 6.73. The molecule has 6 nitrogen and oxygen atoms in total. The molecule has 2 heterocycles. The summed E-state index contributed by atoms with van der Waals surface area (Å²) in [6, 6.07) is 22.1. The Morgan fingerprint density at radius 1 is 0.946 bits per heavy atom. The molecule has 188 valence electrons. The lowest BCUT2D eigenvalue weighted by Crippen LogP contribution is -2.31. The largest absolute Gasteiger partial charge is 0.328 e. The lowest BCUT2D eigenvalue weighted by atomic mass is 9.95. The number of hydrogen-bond acceptors (Lipinski definition) is 5. The summed E-state index contributed by atoms with van der Waals surface area (Å²) in [6.07, 6.45) is 0. The van der Waals surface area contributed by atoms with Gasteiger partial charge in [-0.15, -0.1) is 5.10 Å². The Morgan fingerprint density at radius 3 is 2.43 bits per heavy atom. The van der Waals surface area contributed by atoms with Gasteiger partial charge in [0.2, 0.25) is 11.1 Å². The van der Waals surface area contributed by atoms with Gasteiger partial charge in [0.15, 0.2) is 0 Å². The number of amides is 1. The number of benzene rings is 3. The second-order valence-corrected chi connectivity index (χ2v) is 10.6. The third-order valence-electron chi connectivity index (χ3n) is 6.68. The molecule has 0 aliphatic carbocycles. The molecule has 2 N–H and O–H groups in total. The number of aromatic nitrogens is 3. The maximum Gasteiger partial charge on any atom is 0.255 e. The van der Waals surface area contributed by atoms with Crippen molar-refractivity contribution in [3.8, 4) is 0 Å². The highest BCUT2D eigenvalue weighted by atomic mass is 32.2. The zero-order chi connectivity index (χ0) is 26.1. The van der Waals surface area contributed by atoms with Crippen molar-refractivity contribution in [2.24, 2.45) is 0 Å². The summed E-state index contributed by atoms with van der Waals surface area (Å²) in [5, 5.41) is 12.0. The normalized spacial score (nSPS) is 14.8. The van der Waals surface area contributed by atoms with Gasteiger partial charge in [-0.25, -0.2) is 4.68 Å². The van der Waals surface area contributed by atoms with Crippen LogP contribution in [0.5, 0.6) is 0 Å². The average molecular weight is 510 g/mol. The molecule has 1 atom stereocenters. The standard InChI is InChI=1S/C30H31N5OS/c1-18-12-14-25(21(4)15-18)32-28(36)26-22(5)31-29-33-30(37-17-24-16-19(2)11-13-20(24)3)34-35(29)27(26)23-9-7-6-8-10-23/h6-16,27H,17H2,1-5H3,(H,32,36)(H,31,33,34)/t27-/m1/s1. The molecule has 0 unspecified atom stereocenters. The summed E-state index contributed by atoms with van der Waals surface area (Å²) in [5.41, 5.74) is 9.12. The summed E-state index contributed by atoms with van der Waals surface area (Å²) in [4.78, 5) is 18.5. The first-order chi connectivity index (χ1) is 17.8. The van der Waals surface area contributed by atoms with Gasteiger partial charge in [-0.1, -0.05) is 83.6 Å². The van der Waals surface area contributed by atoms with E-state index in [1.807, 2.05) is 67.9 Å². The molecule has 0 saturated carbocycles. The van der Waals surface area contributed by atoms with Crippen LogP contribution in [0.1, 0.15) is 46.3 Å². The van der Waals surface area contributed by atoms with Gasteiger partial charge in [0.1, 0.15) is 6.04 Å². The SMILES string of the molecule is CC1=C(C(=O)Nc2ccc(C)cc2C)[C@@H](c2ccccc2)n2nc(SCc3cc(C)ccc3C)nc2N1. The van der Waals surface area contributed by atoms with Crippen molar-refractivity contribution in [2.45, 2.75) is 51.6 Å². The van der Waals surface area contributed by atoms with E-state index in [1.54, 1.807) is 11.8 Å². The zero-order valence-corrected chi connectivity index (χ0v) is 22.6. The van der Waals surface area contributed by atoms with Gasteiger partial charge in [0.05, 0.1) is 5.57 Å². The molecule has 37 heavy (non-hydrogen) atoms. The summed E-state index contributed by atoms with van der Waals surface area (Å²) in [5.74, 6) is 1.26. The van der Waals surface area contributed by atoms with E-state index in [0.29, 0.717) is 16.7 Å². The monoisotopic (exact) mass is 509 g/mol. The van der Waals surface area contributed by atoms with Crippen molar-refractivity contribution in [3.63, 3.8) is 0 Å². The number of carbonyl (C=O) groups is 1. The number of nitrogens with zero attached hydrogens (tertiary/aromatic N) is 3. The van der Waals surface area contributed by atoms with E-state index < -0.39 is 6.04 Å². The quantitative estimate of drug-likeness (QED) is 0.282. The van der Waals surface area contributed by atoms with Gasteiger partial charge in [-0.2, -0.15) is 4.98 Å². The Bertz CT molecular complexity index is 1510. The molecule has 1 aliphatic heterocycles. The molecule has 1 aromatic heterocycles. The van der Waals surface area contributed by atoms with E-state index in [4.69, 9.17) is 10.1 Å². The number of nitrogens with one attached hydrogen (secondary N) is 2. The second-order valence-electron chi connectivity index (χ2n) is 9.63. The minimum atomic E-state index is -0.397. The number of allylic oxidation sites excluding steroid dienone is 1. The molecular weight excluding hydrogens is 478 g/mol. The third kappa shape index (κ3) is 5.18. The van der Waals surface area contributed by atoms with Crippen LogP contribution in [0.25, 0.3) is 0 Å². The molecule has 0 spiro atoms. The highest BCUT2D eigenvalue weighted by Gasteiger charge is 2.34. The maximum atomic E-state index is 13.7. The Morgan fingerprint density at radius 2 is 1.68 bits per heavy atom. The minimum Gasteiger partial charge on any atom is -0.328 e. The van der Waals surface area contributed by atoms with Crippen molar-refractivity contribution >= 4 is 29.3 Å². The molecule has 0 fully saturated rings. The highest BCUT2D eigenvalue weighted by Crippen LogP contribution is 2.37. The van der Waals surface area contributed by atoms with E-state index >= 15 is 0 Å². The highest BCUT2D eigenvalue weighted by molar-refractivity contribution is 7.98. The lowest BCUT2D eigenvalue weighted by molar-refractivity contribution is -0.113. The lowest BCUT2D eigenvalue weighted by Gasteiger charge is -2.28. The van der Waals surface area contributed by atoms with Crippen molar-refractivity contribution in [2.75, 3.05) is 10.6 Å². The van der Waals surface area contributed by atoms with E-state index in [9.17, 15) is 4.79 Å². The summed E-state index contributed by atoms with van der Waals surface area (Å²) >= 11 is 1.60. The summed E-state index contributed by atoms with van der Waals surface area (Å²) in [6.45, 7) is 10.2. The van der Waals surface area contributed by atoms with Crippen LogP contribution in [0.2, 0.25) is 0 Å². The first-order valence-electron chi connectivity index (χ1n) is 12.4. The number of aryl methyl sites for hydroxylation is 4. The fourth-order valence-electron chi connectivity index (χ4n) is 4.67. The number of hydrogen-bond donors (Lipinski definition) is 2. The van der Waals surface area contributed by atoms with E-state index in [-0.39, 0.29) is 5.91 Å². The van der Waals surface area contributed by atoms with E-state index in [1.165, 1.54) is 16.7 Å². The van der Waals surface area contributed by atoms with Gasteiger partial charge in [0.25, 0.3) is 5.91 Å². The summed E-state index contributed by atoms with van der Waals surface area (Å²) < 4.78 is 1.84. The third-order valence-corrected chi connectivity index (χ3v) is 7.57. The molecule has 0 radical (unpaired) electrons. The van der Waals surface area contributed by atoms with Crippen molar-refractivity contribution < 1.29 is 4.79 Å². The van der Waals surface area contributed by atoms with Crippen LogP contribution in [0.4, 0.5) is 11.6 Å². The van der Waals surface area contributed by atoms with E-state index in [0.717, 1.165) is 33.8 Å². The Balaban J connectivity index is 1.48. The minimum absolute atomic E-state index is 0.156. The first-order valence-corrected chi connectivity index (χ1v) is 13.4. The van der Waals surface area contributed by atoms with E-state index in [2.05, 4.69) is 48.7 Å². The number of rotatable bonds is 6. The summed E-state index contributed by atoms with van der Waals surface area (Å²) in [7, 11) is 0. The molecule has 3 aromatic carbocycles. The van der Waals surface area contributed by atoms with Gasteiger partial charge >= 0.3 is 0 Å². The van der Waals surface area contributed by atoms with Crippen LogP contribution in [0.3, 0.4) is 0 Å². The zero-order valence-electron chi connectivity index (χ0n) is 21.8. The van der Waals surface area contributed by atoms with Gasteiger partial charge in [-0.05, 0) is 62.9 Å². The molecule has 0 bridgehead atoms. The van der Waals surface area contributed by atoms with Crippen LogP contribution in [-0.2, 0) is 10.5 Å². The maximum absolute atomic E-state index is 13.7. The molecule has 4 aromatic rings. The molecule has 1 amide bonds. The molecule has 7 heteroatoms. The number of anilines is 2. The topological polar surface area (TPSA) is 71.8 Å². The Hall–Kier alpha value is -3.84. The van der Waals surface area contributed by atoms with Crippen LogP contribution in [-0.4, -0.2) is 20.7 Å². The van der Waals surface area contributed by atoms with Crippen LogP contribution in [0, 0.1) is 27.7 Å². The number of carbonyl (C=O) groups excluding carboxylic acids is 1. The van der Waals surface area contributed by atoms with Crippen LogP contribution < -0.4 is 10.6 Å². The molecule has 5 rings (SSSR count). The first kappa shape index (κ1) is 24.8. The Kier molecular flexibility index (Phi) is 6.89.